The molecule has 0 bridgehead atoms. The quantitative estimate of drug-likeness (QED) is 0.789. The van der Waals surface area contributed by atoms with Crippen LogP contribution in [0.15, 0.2) is 0 Å². The number of likely N-dealkylation sites (tertiary alicyclic amines) is 1. The molecule has 19 heavy (non-hydrogen) atoms. The average Bonchev–Trinajstić information content (AvgIpc) is 2.48. The molecule has 1 aromatic heterocycles. The van der Waals surface area contributed by atoms with Crippen molar-refractivity contribution in [3.8, 4) is 6.01 Å². The first-order valence-corrected chi connectivity index (χ1v) is 6.76. The van der Waals surface area contributed by atoms with E-state index in [0.29, 0.717) is 17.9 Å². The van der Waals surface area contributed by atoms with Gasteiger partial charge in [-0.3, -0.25) is 0 Å². The van der Waals surface area contributed by atoms with Gasteiger partial charge in [0.1, 0.15) is 0 Å². The van der Waals surface area contributed by atoms with E-state index in [1.54, 1.807) is 14.2 Å². The van der Waals surface area contributed by atoms with Crippen LogP contribution in [0.25, 0.3) is 0 Å². The minimum atomic E-state index is 0.319. The van der Waals surface area contributed by atoms with Crippen molar-refractivity contribution in [3.05, 3.63) is 0 Å². The molecule has 0 radical (unpaired) electrons. The third-order valence-electron chi connectivity index (χ3n) is 3.18. The maximum absolute atomic E-state index is 5.04. The third kappa shape index (κ3) is 4.20. The van der Waals surface area contributed by atoms with Gasteiger partial charge in [-0.05, 0) is 25.9 Å². The van der Waals surface area contributed by atoms with Gasteiger partial charge in [-0.15, -0.1) is 0 Å². The summed E-state index contributed by atoms with van der Waals surface area (Å²) in [4.78, 5) is 14.9. The van der Waals surface area contributed by atoms with E-state index in [4.69, 9.17) is 4.74 Å². The maximum Gasteiger partial charge on any atom is 0.322 e. The normalized spacial score (nSPS) is 16.1. The standard InChI is InChI=1S/C12H22N6O/c1-13-10-15-11(17-12(16-10)19-2)14-6-9-18-7-4-3-5-8-18/h3-9H2,1-2H3,(H2,13,14,15,16,17). The first-order chi connectivity index (χ1) is 9.31. The van der Waals surface area contributed by atoms with Crippen molar-refractivity contribution in [2.45, 2.75) is 19.3 Å². The molecule has 0 saturated carbocycles. The number of hydrogen-bond donors (Lipinski definition) is 2. The van der Waals surface area contributed by atoms with Gasteiger partial charge in [0.2, 0.25) is 11.9 Å². The van der Waals surface area contributed by atoms with Crippen molar-refractivity contribution < 1.29 is 4.74 Å². The Morgan fingerprint density at radius 1 is 1.11 bits per heavy atom. The van der Waals surface area contributed by atoms with Crippen LogP contribution in [-0.2, 0) is 0 Å². The molecule has 0 unspecified atom stereocenters. The third-order valence-corrected chi connectivity index (χ3v) is 3.18. The molecule has 0 atom stereocenters. The fourth-order valence-corrected chi connectivity index (χ4v) is 2.15. The zero-order valence-electron chi connectivity index (χ0n) is 11.6. The smallest absolute Gasteiger partial charge is 0.322 e. The van der Waals surface area contributed by atoms with Crippen molar-refractivity contribution >= 4 is 11.9 Å². The van der Waals surface area contributed by atoms with Crippen LogP contribution < -0.4 is 15.4 Å². The summed E-state index contributed by atoms with van der Waals surface area (Å²) < 4.78 is 5.04. The fourth-order valence-electron chi connectivity index (χ4n) is 2.15. The molecule has 7 nitrogen and oxygen atoms in total. The van der Waals surface area contributed by atoms with Gasteiger partial charge in [-0.2, -0.15) is 15.0 Å². The number of nitrogens with one attached hydrogen (secondary N) is 2. The molecule has 0 spiro atoms. The molecule has 1 aromatic rings. The Kier molecular flexibility index (Phi) is 5.14. The minimum absolute atomic E-state index is 0.319. The van der Waals surface area contributed by atoms with E-state index in [1.807, 2.05) is 0 Å². The minimum Gasteiger partial charge on any atom is -0.467 e. The molecule has 0 aliphatic carbocycles. The second kappa shape index (κ2) is 7.08. The topological polar surface area (TPSA) is 75.2 Å². The largest absolute Gasteiger partial charge is 0.467 e. The summed E-state index contributed by atoms with van der Waals surface area (Å²) in [5.41, 5.74) is 0. The van der Waals surface area contributed by atoms with Gasteiger partial charge in [0.15, 0.2) is 0 Å². The molecule has 1 aliphatic rings. The van der Waals surface area contributed by atoms with Gasteiger partial charge in [-0.1, -0.05) is 6.42 Å². The molecule has 0 aromatic carbocycles. The highest BCUT2D eigenvalue weighted by Gasteiger charge is 2.10. The predicted molar refractivity (Wildman–Crippen MR) is 74.7 cm³/mol. The van der Waals surface area contributed by atoms with Gasteiger partial charge < -0.3 is 20.3 Å². The summed E-state index contributed by atoms with van der Waals surface area (Å²) >= 11 is 0. The maximum atomic E-state index is 5.04. The summed E-state index contributed by atoms with van der Waals surface area (Å²) in [6, 6.07) is 0.319. The molecule has 1 fully saturated rings. The Morgan fingerprint density at radius 3 is 2.53 bits per heavy atom. The molecular weight excluding hydrogens is 244 g/mol. The number of rotatable bonds is 6. The number of piperidine rings is 1. The highest BCUT2D eigenvalue weighted by atomic mass is 16.5. The molecule has 2 heterocycles. The Labute approximate surface area is 113 Å². The molecule has 1 saturated heterocycles. The van der Waals surface area contributed by atoms with Gasteiger partial charge >= 0.3 is 6.01 Å². The lowest BCUT2D eigenvalue weighted by molar-refractivity contribution is 0.237. The van der Waals surface area contributed by atoms with Gasteiger partial charge in [0.05, 0.1) is 7.11 Å². The lowest BCUT2D eigenvalue weighted by atomic mass is 10.1. The summed E-state index contributed by atoms with van der Waals surface area (Å²) in [6.45, 7) is 4.24. The summed E-state index contributed by atoms with van der Waals surface area (Å²) in [6.07, 6.45) is 3.98. The summed E-state index contributed by atoms with van der Waals surface area (Å²) in [7, 11) is 3.32. The molecule has 7 heteroatoms. The average molecular weight is 266 g/mol. The van der Waals surface area contributed by atoms with Crippen LogP contribution in [0.2, 0.25) is 0 Å². The Hall–Kier alpha value is -1.63. The van der Waals surface area contributed by atoms with E-state index in [-0.39, 0.29) is 0 Å². The van der Waals surface area contributed by atoms with E-state index in [2.05, 4.69) is 30.5 Å². The van der Waals surface area contributed by atoms with Crippen molar-refractivity contribution in [1.29, 1.82) is 0 Å². The van der Waals surface area contributed by atoms with Crippen LogP contribution in [0.3, 0.4) is 0 Å². The van der Waals surface area contributed by atoms with Crippen LogP contribution in [-0.4, -0.2) is 60.2 Å². The van der Waals surface area contributed by atoms with E-state index in [1.165, 1.54) is 32.4 Å². The predicted octanol–water partition coefficient (Wildman–Crippen LogP) is 0.820. The zero-order chi connectivity index (χ0) is 13.5. The van der Waals surface area contributed by atoms with Crippen LogP contribution >= 0.6 is 0 Å². The number of nitrogens with zero attached hydrogens (tertiary/aromatic N) is 4. The van der Waals surface area contributed by atoms with Crippen molar-refractivity contribution in [2.75, 3.05) is 51.0 Å². The summed E-state index contributed by atoms with van der Waals surface area (Å²) in [5, 5.41) is 6.11. The first kappa shape index (κ1) is 13.8. The van der Waals surface area contributed by atoms with E-state index in [0.717, 1.165) is 13.1 Å². The van der Waals surface area contributed by atoms with E-state index in [9.17, 15) is 0 Å². The van der Waals surface area contributed by atoms with Gasteiger partial charge in [0.25, 0.3) is 0 Å². The lowest BCUT2D eigenvalue weighted by Crippen LogP contribution is -2.33. The van der Waals surface area contributed by atoms with Crippen molar-refractivity contribution in [1.82, 2.24) is 19.9 Å². The second-order valence-corrected chi connectivity index (χ2v) is 4.55. The van der Waals surface area contributed by atoms with E-state index >= 15 is 0 Å². The van der Waals surface area contributed by atoms with Crippen LogP contribution in [0, 0.1) is 0 Å². The highest BCUT2D eigenvalue weighted by Crippen LogP contribution is 2.11. The van der Waals surface area contributed by atoms with Crippen LogP contribution in [0.4, 0.5) is 11.9 Å². The SMILES string of the molecule is CNc1nc(NCCN2CCCCC2)nc(OC)n1. The molecule has 0 amide bonds. The molecule has 2 N–H and O–H groups in total. The molecule has 106 valence electrons. The van der Waals surface area contributed by atoms with E-state index < -0.39 is 0 Å². The lowest BCUT2D eigenvalue weighted by Gasteiger charge is -2.26. The highest BCUT2D eigenvalue weighted by molar-refractivity contribution is 5.35. The number of ether oxygens (including phenoxy) is 1. The molecule has 2 rings (SSSR count). The summed E-state index contributed by atoms with van der Waals surface area (Å²) in [5.74, 6) is 1.06. The van der Waals surface area contributed by atoms with Crippen LogP contribution in [0.5, 0.6) is 6.01 Å². The fraction of sp³-hybridized carbons (Fsp3) is 0.750. The Bertz CT molecular complexity index is 372. The number of methoxy groups -OCH3 is 1. The Morgan fingerprint density at radius 2 is 1.84 bits per heavy atom. The van der Waals surface area contributed by atoms with Crippen molar-refractivity contribution in [3.63, 3.8) is 0 Å². The number of hydrogen-bond acceptors (Lipinski definition) is 7. The molecule has 1 aliphatic heterocycles. The monoisotopic (exact) mass is 266 g/mol. The van der Waals surface area contributed by atoms with Crippen LogP contribution in [0.1, 0.15) is 19.3 Å². The number of aromatic nitrogens is 3. The van der Waals surface area contributed by atoms with Crippen molar-refractivity contribution in [2.24, 2.45) is 0 Å². The number of anilines is 2. The zero-order valence-corrected chi connectivity index (χ0v) is 11.6. The first-order valence-electron chi connectivity index (χ1n) is 6.76. The molecular formula is C12H22N6O. The van der Waals surface area contributed by atoms with Gasteiger partial charge in [0, 0.05) is 20.1 Å². The van der Waals surface area contributed by atoms with Gasteiger partial charge in [-0.25, -0.2) is 0 Å². The second-order valence-electron chi connectivity index (χ2n) is 4.55. The Balaban J connectivity index is 1.84.